The van der Waals surface area contributed by atoms with E-state index in [4.69, 9.17) is 0 Å². The first-order chi connectivity index (χ1) is 7.24. The fraction of sp³-hybridized carbons (Fsp3) is 0.750. The molecule has 1 aromatic rings. The average molecular weight is 207 g/mol. The zero-order valence-corrected chi connectivity index (χ0v) is 9.74. The number of aryl methyl sites for hydroxylation is 1. The highest BCUT2D eigenvalue weighted by molar-refractivity contribution is 4.98. The number of hydrogen-bond acceptors (Lipinski definition) is 2. The van der Waals surface area contributed by atoms with Crippen LogP contribution in [0.4, 0.5) is 0 Å². The van der Waals surface area contributed by atoms with Crippen LogP contribution in [0.15, 0.2) is 12.3 Å². The van der Waals surface area contributed by atoms with E-state index in [1.807, 2.05) is 17.9 Å². The Labute approximate surface area is 91.9 Å². The second-order valence-electron chi connectivity index (χ2n) is 4.80. The second-order valence-corrected chi connectivity index (χ2v) is 4.80. The van der Waals surface area contributed by atoms with Gasteiger partial charge in [0.25, 0.3) is 0 Å². The summed E-state index contributed by atoms with van der Waals surface area (Å²) in [6, 6.07) is 2.69. The fourth-order valence-electron chi connectivity index (χ4n) is 2.15. The van der Waals surface area contributed by atoms with Gasteiger partial charge in [0, 0.05) is 25.8 Å². The third-order valence-corrected chi connectivity index (χ3v) is 3.31. The van der Waals surface area contributed by atoms with Gasteiger partial charge in [-0.15, -0.1) is 0 Å². The van der Waals surface area contributed by atoms with E-state index in [9.17, 15) is 0 Å². The van der Waals surface area contributed by atoms with Crippen LogP contribution in [-0.2, 0) is 13.6 Å². The summed E-state index contributed by atoms with van der Waals surface area (Å²) in [7, 11) is 1.96. The molecule has 84 valence electrons. The van der Waals surface area contributed by atoms with Gasteiger partial charge in [-0.1, -0.05) is 19.3 Å². The molecule has 0 aromatic carbocycles. The van der Waals surface area contributed by atoms with Gasteiger partial charge in [-0.3, -0.25) is 4.68 Å². The van der Waals surface area contributed by atoms with Crippen LogP contribution in [0.5, 0.6) is 0 Å². The highest BCUT2D eigenvalue weighted by atomic mass is 15.3. The monoisotopic (exact) mass is 207 g/mol. The van der Waals surface area contributed by atoms with E-state index in [1.54, 1.807) is 0 Å². The van der Waals surface area contributed by atoms with Crippen molar-refractivity contribution in [1.29, 1.82) is 0 Å². The minimum absolute atomic E-state index is 0.623. The van der Waals surface area contributed by atoms with Gasteiger partial charge < -0.3 is 5.32 Å². The Balaban J connectivity index is 1.68. The molecule has 1 aliphatic rings. The Kier molecular flexibility index (Phi) is 3.41. The summed E-state index contributed by atoms with van der Waals surface area (Å²) in [5, 5.41) is 7.89. The van der Waals surface area contributed by atoms with Crippen LogP contribution in [0, 0.1) is 5.92 Å². The van der Waals surface area contributed by atoms with Crippen LogP contribution in [0.25, 0.3) is 0 Å². The normalized spacial score (nSPS) is 18.8. The van der Waals surface area contributed by atoms with Gasteiger partial charge in [0.15, 0.2) is 0 Å². The van der Waals surface area contributed by atoms with Crippen LogP contribution < -0.4 is 5.32 Å². The van der Waals surface area contributed by atoms with Gasteiger partial charge in [0.05, 0.1) is 5.69 Å². The van der Waals surface area contributed by atoms with Crippen LogP contribution in [0.1, 0.15) is 38.3 Å². The molecule has 0 bridgehead atoms. The fourth-order valence-corrected chi connectivity index (χ4v) is 2.15. The van der Waals surface area contributed by atoms with Crippen LogP contribution in [0.3, 0.4) is 0 Å². The molecule has 1 N–H and O–H groups in total. The second kappa shape index (κ2) is 4.79. The molecule has 0 aliphatic heterocycles. The van der Waals surface area contributed by atoms with Gasteiger partial charge in [0.2, 0.25) is 0 Å². The van der Waals surface area contributed by atoms with Crippen LogP contribution in [0.2, 0.25) is 0 Å². The Hall–Kier alpha value is -0.830. The number of nitrogens with zero attached hydrogens (tertiary/aromatic N) is 2. The first-order valence-corrected chi connectivity index (χ1v) is 5.96. The molecule has 1 heterocycles. The van der Waals surface area contributed by atoms with Crippen molar-refractivity contribution in [1.82, 2.24) is 15.1 Å². The third-order valence-electron chi connectivity index (χ3n) is 3.31. The lowest BCUT2D eigenvalue weighted by molar-refractivity contribution is 0.265. The first kappa shape index (κ1) is 10.7. The molecule has 1 aromatic heterocycles. The van der Waals surface area contributed by atoms with Crippen molar-refractivity contribution in [3.8, 4) is 0 Å². The van der Waals surface area contributed by atoms with E-state index >= 15 is 0 Å². The quantitative estimate of drug-likeness (QED) is 0.801. The van der Waals surface area contributed by atoms with Crippen LogP contribution >= 0.6 is 0 Å². The topological polar surface area (TPSA) is 29.9 Å². The minimum Gasteiger partial charge on any atom is -0.309 e. The lowest BCUT2D eigenvalue weighted by Gasteiger charge is -2.28. The van der Waals surface area contributed by atoms with E-state index in [0.717, 1.165) is 18.2 Å². The van der Waals surface area contributed by atoms with Crippen molar-refractivity contribution in [2.75, 3.05) is 0 Å². The Morgan fingerprint density at radius 3 is 2.93 bits per heavy atom. The predicted molar refractivity (Wildman–Crippen MR) is 61.5 cm³/mol. The van der Waals surface area contributed by atoms with Crippen molar-refractivity contribution in [2.24, 2.45) is 13.0 Å². The maximum atomic E-state index is 4.35. The lowest BCUT2D eigenvalue weighted by atomic mass is 9.81. The summed E-state index contributed by atoms with van der Waals surface area (Å²) in [4.78, 5) is 0. The molecule has 1 aliphatic carbocycles. The zero-order valence-electron chi connectivity index (χ0n) is 9.74. The van der Waals surface area contributed by atoms with E-state index in [1.165, 1.54) is 25.7 Å². The largest absolute Gasteiger partial charge is 0.309 e. The molecule has 15 heavy (non-hydrogen) atoms. The molecule has 1 atom stereocenters. The molecule has 1 unspecified atom stereocenters. The minimum atomic E-state index is 0.623. The summed E-state index contributed by atoms with van der Waals surface area (Å²) in [5.74, 6) is 0.983. The van der Waals surface area contributed by atoms with Crippen LogP contribution in [-0.4, -0.2) is 15.8 Å². The average Bonchev–Trinajstić information content (AvgIpc) is 2.55. The standard InChI is InChI=1S/C12H21N3/c1-10(8-11-4-3-5-11)13-9-12-6-7-15(2)14-12/h6-7,10-11,13H,3-5,8-9H2,1-2H3. The predicted octanol–water partition coefficient (Wildman–Crippen LogP) is 2.09. The molecule has 3 nitrogen and oxygen atoms in total. The Morgan fingerprint density at radius 2 is 2.40 bits per heavy atom. The summed E-state index contributed by atoms with van der Waals surface area (Å²) < 4.78 is 1.85. The van der Waals surface area contributed by atoms with Crippen molar-refractivity contribution < 1.29 is 0 Å². The third kappa shape index (κ3) is 3.06. The highest BCUT2D eigenvalue weighted by Gasteiger charge is 2.19. The first-order valence-electron chi connectivity index (χ1n) is 5.96. The summed E-state index contributed by atoms with van der Waals surface area (Å²) in [6.45, 7) is 3.18. The van der Waals surface area contributed by atoms with E-state index in [0.29, 0.717) is 6.04 Å². The van der Waals surface area contributed by atoms with Crippen molar-refractivity contribution >= 4 is 0 Å². The maximum Gasteiger partial charge on any atom is 0.0762 e. The Morgan fingerprint density at radius 1 is 1.60 bits per heavy atom. The number of aromatic nitrogens is 2. The molecule has 0 amide bonds. The van der Waals surface area contributed by atoms with E-state index < -0.39 is 0 Å². The summed E-state index contributed by atoms with van der Waals surface area (Å²) in [5.41, 5.74) is 1.14. The van der Waals surface area contributed by atoms with E-state index in [2.05, 4.69) is 23.4 Å². The SMILES string of the molecule is CC(CC1CCC1)NCc1ccn(C)n1. The van der Waals surface area contributed by atoms with Crippen molar-refractivity contribution in [3.63, 3.8) is 0 Å². The molecule has 3 heteroatoms. The lowest BCUT2D eigenvalue weighted by Crippen LogP contribution is -2.30. The smallest absolute Gasteiger partial charge is 0.0762 e. The molecular weight excluding hydrogens is 186 g/mol. The van der Waals surface area contributed by atoms with Gasteiger partial charge in [-0.05, 0) is 25.3 Å². The van der Waals surface area contributed by atoms with Crippen molar-refractivity contribution in [3.05, 3.63) is 18.0 Å². The highest BCUT2D eigenvalue weighted by Crippen LogP contribution is 2.30. The maximum absolute atomic E-state index is 4.35. The summed E-state index contributed by atoms with van der Waals surface area (Å²) >= 11 is 0. The molecule has 0 saturated heterocycles. The van der Waals surface area contributed by atoms with Gasteiger partial charge in [-0.2, -0.15) is 5.10 Å². The van der Waals surface area contributed by atoms with Gasteiger partial charge >= 0.3 is 0 Å². The molecule has 0 spiro atoms. The van der Waals surface area contributed by atoms with Crippen molar-refractivity contribution in [2.45, 2.75) is 45.2 Å². The number of nitrogens with one attached hydrogen (secondary N) is 1. The molecular formula is C12H21N3. The molecule has 1 fully saturated rings. The number of rotatable bonds is 5. The van der Waals surface area contributed by atoms with Gasteiger partial charge in [0.1, 0.15) is 0 Å². The zero-order chi connectivity index (χ0) is 10.7. The molecule has 2 rings (SSSR count). The summed E-state index contributed by atoms with van der Waals surface area (Å²) in [6.07, 6.45) is 7.64. The van der Waals surface area contributed by atoms with Gasteiger partial charge in [-0.25, -0.2) is 0 Å². The molecule has 0 radical (unpaired) electrons. The Bertz CT molecular complexity index is 302. The molecule has 1 saturated carbocycles. The number of hydrogen-bond donors (Lipinski definition) is 1. The van der Waals surface area contributed by atoms with E-state index in [-0.39, 0.29) is 0 Å².